The number of hydrogen-bond acceptors (Lipinski definition) is 0. The largest absolute Gasteiger partial charge is 0.309 e. The summed E-state index contributed by atoms with van der Waals surface area (Å²) in [6.07, 6.45) is 0. The van der Waals surface area contributed by atoms with Crippen LogP contribution < -0.4 is 0 Å². The molecule has 230 valence electrons. The molecule has 0 unspecified atom stereocenters. The summed E-state index contributed by atoms with van der Waals surface area (Å²) in [6, 6.07) is 22.7. The monoisotopic (exact) mass is 628 g/mol. The van der Waals surface area contributed by atoms with E-state index in [-0.39, 0.29) is 38.8 Å². The fraction of sp³-hybridized carbons (Fsp3) is 0.0870. The first-order valence-corrected chi connectivity index (χ1v) is 15.8. The maximum absolute atomic E-state index is 9.51. The number of fused-ring (bicyclic) bond motifs is 6. The fourth-order valence-corrected chi connectivity index (χ4v) is 6.89. The molecule has 2 heterocycles. The summed E-state index contributed by atoms with van der Waals surface area (Å²) < 4.78 is 110. The summed E-state index contributed by atoms with van der Waals surface area (Å²) in [4.78, 5) is 0. The second kappa shape index (κ2) is 10.9. The Labute approximate surface area is 298 Å². The Morgan fingerprint density at radius 3 is 1.92 bits per heavy atom. The molecule has 0 radical (unpaired) electrons. The smallest absolute Gasteiger partial charge is 0.0645 e. The summed E-state index contributed by atoms with van der Waals surface area (Å²) in [5.74, 6) is 0. The van der Waals surface area contributed by atoms with Crippen LogP contribution in [0.2, 0.25) is 0 Å². The lowest BCUT2D eigenvalue weighted by molar-refractivity contribution is 0.591. The van der Waals surface area contributed by atoms with Crippen LogP contribution in [0.3, 0.4) is 0 Å². The molecule has 0 fully saturated rings. The first kappa shape index (κ1) is 18.5. The highest BCUT2D eigenvalue weighted by Gasteiger charge is 2.22. The van der Waals surface area contributed by atoms with Crippen molar-refractivity contribution < 1.29 is 16.4 Å². The predicted octanol–water partition coefficient (Wildman–Crippen LogP) is 12.5. The molecule has 2 aromatic heterocycles. The number of hydrogen-bond donors (Lipinski definition) is 0. The zero-order valence-corrected chi connectivity index (χ0v) is 26.6. The van der Waals surface area contributed by atoms with E-state index in [0.29, 0.717) is 11.1 Å². The molecule has 0 spiro atoms. The average molecular weight is 629 g/mol. The van der Waals surface area contributed by atoms with Gasteiger partial charge in [-0.15, -0.1) is 0 Å². The van der Waals surface area contributed by atoms with Gasteiger partial charge in [0.1, 0.15) is 0 Å². The van der Waals surface area contributed by atoms with Crippen LogP contribution in [0.5, 0.6) is 0 Å². The predicted molar refractivity (Wildman–Crippen MR) is 205 cm³/mol. The van der Waals surface area contributed by atoms with Crippen molar-refractivity contribution in [3.05, 3.63) is 169 Å². The molecular formula is C46H36N2. The second-order valence-electron chi connectivity index (χ2n) is 12.9. The van der Waals surface area contributed by atoms with E-state index >= 15 is 0 Å². The summed E-state index contributed by atoms with van der Waals surface area (Å²) >= 11 is 0. The standard InChI is InChI=1S/C46H36N2/c1-46(2,3)31-28-29-43-39(30-31)36-21-10-13-25-41(36)48(43)40-24-12-9-20-35(40)33-18-7-8-19-34(33)37-23-15-27-44-45(37)38-22-11-14-26-42(38)47(44)32-16-5-4-6-17-32/h4-30H,1-3H3/i4D,5D,6D,11D,14D,15D,16D,17D,22D,23D,26D,27D. The lowest BCUT2D eigenvalue weighted by Crippen LogP contribution is -2.10. The number of nitrogens with zero attached hydrogens (tertiary/aromatic N) is 2. The number of rotatable bonds is 4. The van der Waals surface area contributed by atoms with Gasteiger partial charge in [-0.3, -0.25) is 0 Å². The van der Waals surface area contributed by atoms with Gasteiger partial charge in [-0.1, -0.05) is 136 Å². The summed E-state index contributed by atoms with van der Waals surface area (Å²) in [6.45, 7) is 6.54. The van der Waals surface area contributed by atoms with Crippen LogP contribution in [0.1, 0.15) is 42.8 Å². The molecule has 9 rings (SSSR count). The van der Waals surface area contributed by atoms with Crippen molar-refractivity contribution in [3.63, 3.8) is 0 Å². The highest BCUT2D eigenvalue weighted by atomic mass is 15.0. The first-order chi connectivity index (χ1) is 28.5. The number of para-hydroxylation sites is 4. The highest BCUT2D eigenvalue weighted by molar-refractivity contribution is 6.17. The second-order valence-corrected chi connectivity index (χ2v) is 12.9. The Morgan fingerprint density at radius 1 is 0.458 bits per heavy atom. The van der Waals surface area contributed by atoms with Crippen LogP contribution in [0, 0.1) is 0 Å². The molecule has 7 aromatic carbocycles. The molecule has 0 aliphatic rings. The molecule has 0 aliphatic carbocycles. The Hall–Kier alpha value is -5.86. The lowest BCUT2D eigenvalue weighted by Gasteiger charge is -2.20. The van der Waals surface area contributed by atoms with Crippen LogP contribution in [-0.4, -0.2) is 9.13 Å². The first-order valence-electron chi connectivity index (χ1n) is 21.8. The Balaban J connectivity index is 1.44. The van der Waals surface area contributed by atoms with Crippen LogP contribution in [0.15, 0.2) is 164 Å². The van der Waals surface area contributed by atoms with E-state index in [2.05, 4.69) is 55.7 Å². The number of benzene rings is 7. The topological polar surface area (TPSA) is 9.86 Å². The van der Waals surface area contributed by atoms with Gasteiger partial charge in [0.2, 0.25) is 0 Å². The minimum atomic E-state index is -0.682. The fourth-order valence-electron chi connectivity index (χ4n) is 6.89. The summed E-state index contributed by atoms with van der Waals surface area (Å²) in [5, 5.41) is 2.05. The molecule has 2 heteroatoms. The number of aromatic nitrogens is 2. The molecule has 0 saturated carbocycles. The van der Waals surface area contributed by atoms with E-state index in [1.54, 1.807) is 12.1 Å². The van der Waals surface area contributed by atoms with Crippen molar-refractivity contribution in [2.75, 3.05) is 0 Å². The van der Waals surface area contributed by atoms with Gasteiger partial charge in [0.15, 0.2) is 0 Å². The normalized spacial score (nSPS) is 15.6. The van der Waals surface area contributed by atoms with Gasteiger partial charge in [0.25, 0.3) is 0 Å². The van der Waals surface area contributed by atoms with E-state index in [4.69, 9.17) is 11.0 Å². The van der Waals surface area contributed by atoms with Gasteiger partial charge < -0.3 is 9.13 Å². The molecular weight excluding hydrogens is 581 g/mol. The minimum Gasteiger partial charge on any atom is -0.309 e. The lowest BCUT2D eigenvalue weighted by atomic mass is 9.86. The Bertz CT molecular complexity index is 3310. The van der Waals surface area contributed by atoms with Gasteiger partial charge in [-0.25, -0.2) is 0 Å². The van der Waals surface area contributed by atoms with E-state index in [1.807, 2.05) is 48.5 Å². The molecule has 0 saturated heterocycles. The van der Waals surface area contributed by atoms with Crippen LogP contribution >= 0.6 is 0 Å². The van der Waals surface area contributed by atoms with E-state index in [9.17, 15) is 5.48 Å². The molecule has 9 aromatic rings. The molecule has 0 N–H and O–H groups in total. The van der Waals surface area contributed by atoms with Gasteiger partial charge in [0.05, 0.1) is 44.2 Å². The molecule has 48 heavy (non-hydrogen) atoms. The molecule has 0 bridgehead atoms. The SMILES string of the molecule is [2H]c1c([2H])c([2H])c(-n2c3c([2H])c([2H])c([2H])c([2H])c3c3c(-c4ccccc4-c4ccccc4-n4c5ccccc5c5cc(C(C)(C)C)ccc54)c([2H])c([2H])c([2H])c32)c([2H])c1[2H]. The molecule has 0 aliphatic heterocycles. The third-order valence-corrected chi connectivity index (χ3v) is 9.10. The molecule has 0 atom stereocenters. The van der Waals surface area contributed by atoms with E-state index in [1.165, 1.54) is 5.56 Å². The summed E-state index contributed by atoms with van der Waals surface area (Å²) in [5.41, 5.74) is 4.88. The quantitative estimate of drug-likeness (QED) is 0.183. The Kier molecular flexibility index (Phi) is 4.18. The maximum Gasteiger partial charge on any atom is 0.0645 e. The van der Waals surface area contributed by atoms with Crippen molar-refractivity contribution in [3.8, 4) is 33.6 Å². The third-order valence-electron chi connectivity index (χ3n) is 9.10. The molecule has 0 amide bonds. The third kappa shape index (κ3) is 4.33. The summed E-state index contributed by atoms with van der Waals surface area (Å²) in [7, 11) is 0. The van der Waals surface area contributed by atoms with Gasteiger partial charge >= 0.3 is 0 Å². The maximum atomic E-state index is 9.51. The zero-order valence-electron chi connectivity index (χ0n) is 38.6. The van der Waals surface area contributed by atoms with Gasteiger partial charge in [-0.05, 0) is 76.1 Å². The highest BCUT2D eigenvalue weighted by Crippen LogP contribution is 2.44. The van der Waals surface area contributed by atoms with Crippen molar-refractivity contribution >= 4 is 43.6 Å². The average Bonchev–Trinajstić information content (AvgIpc) is 3.76. The van der Waals surface area contributed by atoms with Crippen LogP contribution in [-0.2, 0) is 5.41 Å². The van der Waals surface area contributed by atoms with Crippen molar-refractivity contribution in [1.82, 2.24) is 9.13 Å². The van der Waals surface area contributed by atoms with Crippen LogP contribution in [0.25, 0.3) is 77.2 Å². The van der Waals surface area contributed by atoms with Gasteiger partial charge in [-0.2, -0.15) is 0 Å². The van der Waals surface area contributed by atoms with Crippen LogP contribution in [0.4, 0.5) is 0 Å². The van der Waals surface area contributed by atoms with Crippen molar-refractivity contribution in [2.45, 2.75) is 26.2 Å². The zero-order chi connectivity index (χ0) is 42.8. The van der Waals surface area contributed by atoms with Gasteiger partial charge in [0, 0.05) is 32.8 Å². The van der Waals surface area contributed by atoms with E-state index in [0.717, 1.165) is 37.6 Å². The van der Waals surface area contributed by atoms with Crippen molar-refractivity contribution in [2.24, 2.45) is 0 Å². The van der Waals surface area contributed by atoms with E-state index < -0.39 is 72.2 Å². The minimum absolute atomic E-state index is 0.0197. The molecule has 2 nitrogen and oxygen atoms in total. The Morgan fingerprint density at radius 2 is 1.10 bits per heavy atom. The van der Waals surface area contributed by atoms with Crippen molar-refractivity contribution in [1.29, 1.82) is 0 Å².